The van der Waals surface area contributed by atoms with E-state index in [-0.39, 0.29) is 13.0 Å². The van der Waals surface area contributed by atoms with Crippen LogP contribution in [0.15, 0.2) is 0 Å². The number of aliphatic hydroxyl groups excluding tert-OH is 1. The predicted molar refractivity (Wildman–Crippen MR) is 58.9 cm³/mol. The number of aliphatic carboxylic acids is 1. The van der Waals surface area contributed by atoms with Crippen LogP contribution in [0.5, 0.6) is 0 Å². The molecule has 5 heteroatoms. The van der Waals surface area contributed by atoms with E-state index in [1.807, 2.05) is 14.1 Å². The van der Waals surface area contributed by atoms with Crippen molar-refractivity contribution in [1.29, 1.82) is 0 Å². The normalized spacial score (nSPS) is 11.3. The van der Waals surface area contributed by atoms with Gasteiger partial charge in [-0.3, -0.25) is 4.79 Å². The van der Waals surface area contributed by atoms with E-state index >= 15 is 0 Å². The van der Waals surface area contributed by atoms with E-state index < -0.39 is 5.97 Å². The average Bonchev–Trinajstić information content (AvgIpc) is 2.16. The van der Waals surface area contributed by atoms with Gasteiger partial charge in [-0.25, -0.2) is 0 Å². The number of nitrogens with zero attached hydrogens (tertiary/aromatic N) is 2. The second-order valence-electron chi connectivity index (χ2n) is 3.87. The van der Waals surface area contributed by atoms with Crippen LogP contribution < -0.4 is 0 Å². The number of carboxylic acid groups (broad SMARTS) is 1. The number of carbonyl (C=O) groups is 1. The van der Waals surface area contributed by atoms with Crippen molar-refractivity contribution in [2.45, 2.75) is 12.8 Å². The Labute approximate surface area is 91.3 Å². The summed E-state index contributed by atoms with van der Waals surface area (Å²) < 4.78 is 0. The minimum atomic E-state index is -0.770. The molecule has 0 aromatic heterocycles. The molecule has 0 unspecified atom stereocenters. The highest BCUT2D eigenvalue weighted by Crippen LogP contribution is 1.95. The molecule has 0 saturated heterocycles. The Kier molecular flexibility index (Phi) is 8.27. The third kappa shape index (κ3) is 9.65. The lowest BCUT2D eigenvalue weighted by Gasteiger charge is -2.22. The van der Waals surface area contributed by atoms with E-state index in [0.717, 1.165) is 19.6 Å². The van der Waals surface area contributed by atoms with Crippen LogP contribution in [0.1, 0.15) is 12.8 Å². The SMILES string of the molecule is CN(C)CCN(CCCO)CCC(=O)O. The minimum Gasteiger partial charge on any atom is -0.481 e. The maximum atomic E-state index is 10.4. The smallest absolute Gasteiger partial charge is 0.304 e. The summed E-state index contributed by atoms with van der Waals surface area (Å²) in [5, 5.41) is 17.3. The fourth-order valence-corrected chi connectivity index (χ4v) is 1.22. The van der Waals surface area contributed by atoms with Crippen molar-refractivity contribution in [3.05, 3.63) is 0 Å². The molecule has 0 aliphatic carbocycles. The summed E-state index contributed by atoms with van der Waals surface area (Å²) in [6.45, 7) is 3.23. The second-order valence-corrected chi connectivity index (χ2v) is 3.87. The first-order valence-corrected chi connectivity index (χ1v) is 5.26. The Hall–Kier alpha value is -0.650. The summed E-state index contributed by atoms with van der Waals surface area (Å²) in [6, 6.07) is 0. The molecule has 0 radical (unpaired) electrons. The number of hydrogen-bond acceptors (Lipinski definition) is 4. The van der Waals surface area contributed by atoms with Crippen molar-refractivity contribution >= 4 is 5.97 Å². The first kappa shape index (κ1) is 14.3. The molecule has 0 aliphatic rings. The Morgan fingerprint density at radius 3 is 2.27 bits per heavy atom. The standard InChI is InChI=1S/C10H22N2O3/c1-11(2)7-8-12(5-3-9-13)6-4-10(14)15/h13H,3-9H2,1-2H3,(H,14,15). The lowest BCUT2D eigenvalue weighted by molar-refractivity contribution is -0.137. The Morgan fingerprint density at radius 2 is 1.80 bits per heavy atom. The molecule has 0 aliphatic heterocycles. The highest BCUT2D eigenvalue weighted by atomic mass is 16.4. The van der Waals surface area contributed by atoms with Gasteiger partial charge in [-0.1, -0.05) is 0 Å². The maximum Gasteiger partial charge on any atom is 0.304 e. The first-order valence-electron chi connectivity index (χ1n) is 5.26. The van der Waals surface area contributed by atoms with E-state index in [0.29, 0.717) is 13.0 Å². The molecule has 0 spiro atoms. The molecule has 0 aromatic rings. The third-order valence-electron chi connectivity index (χ3n) is 2.14. The minimum absolute atomic E-state index is 0.158. The van der Waals surface area contributed by atoms with Gasteiger partial charge < -0.3 is 20.0 Å². The fraction of sp³-hybridized carbons (Fsp3) is 0.900. The molecule has 0 atom stereocenters. The van der Waals surface area contributed by atoms with Gasteiger partial charge in [0.25, 0.3) is 0 Å². The van der Waals surface area contributed by atoms with Crippen molar-refractivity contribution in [3.63, 3.8) is 0 Å². The zero-order chi connectivity index (χ0) is 11.7. The summed E-state index contributed by atoms with van der Waals surface area (Å²) in [4.78, 5) is 14.6. The third-order valence-corrected chi connectivity index (χ3v) is 2.14. The zero-order valence-electron chi connectivity index (χ0n) is 9.65. The monoisotopic (exact) mass is 218 g/mol. The van der Waals surface area contributed by atoms with E-state index in [2.05, 4.69) is 9.80 Å². The Balaban J connectivity index is 3.77. The van der Waals surface area contributed by atoms with Gasteiger partial charge in [-0.2, -0.15) is 0 Å². The molecule has 2 N–H and O–H groups in total. The number of likely N-dealkylation sites (N-methyl/N-ethyl adjacent to an activating group) is 1. The number of carboxylic acids is 1. The van der Waals surface area contributed by atoms with Crippen molar-refractivity contribution in [2.75, 3.05) is 46.9 Å². The average molecular weight is 218 g/mol. The van der Waals surface area contributed by atoms with Crippen LogP contribution in [0.2, 0.25) is 0 Å². The van der Waals surface area contributed by atoms with Gasteiger partial charge in [-0.05, 0) is 20.5 Å². The summed E-state index contributed by atoms with van der Waals surface area (Å²) in [5.41, 5.74) is 0. The van der Waals surface area contributed by atoms with Gasteiger partial charge in [-0.15, -0.1) is 0 Å². The van der Waals surface area contributed by atoms with E-state index in [9.17, 15) is 4.79 Å². The highest BCUT2D eigenvalue weighted by molar-refractivity contribution is 5.66. The van der Waals surface area contributed by atoms with Gasteiger partial charge >= 0.3 is 5.97 Å². The van der Waals surface area contributed by atoms with Gasteiger partial charge in [0.05, 0.1) is 6.42 Å². The van der Waals surface area contributed by atoms with Crippen LogP contribution in [-0.2, 0) is 4.79 Å². The zero-order valence-corrected chi connectivity index (χ0v) is 9.65. The van der Waals surface area contributed by atoms with Crippen LogP contribution in [-0.4, -0.2) is 72.9 Å². The molecule has 15 heavy (non-hydrogen) atoms. The van der Waals surface area contributed by atoms with Crippen LogP contribution in [0.25, 0.3) is 0 Å². The van der Waals surface area contributed by atoms with Gasteiger partial charge in [0.2, 0.25) is 0 Å². The van der Waals surface area contributed by atoms with Crippen LogP contribution >= 0.6 is 0 Å². The quantitative estimate of drug-likeness (QED) is 0.556. The molecule has 0 heterocycles. The Morgan fingerprint density at radius 1 is 1.13 bits per heavy atom. The molecule has 0 saturated carbocycles. The van der Waals surface area contributed by atoms with Gasteiger partial charge in [0.1, 0.15) is 0 Å². The van der Waals surface area contributed by atoms with Crippen molar-refractivity contribution in [3.8, 4) is 0 Å². The number of aliphatic hydroxyl groups is 1. The Bertz CT molecular complexity index is 174. The predicted octanol–water partition coefficient (Wildman–Crippen LogP) is -0.293. The molecular formula is C10H22N2O3. The van der Waals surface area contributed by atoms with Crippen LogP contribution in [0.3, 0.4) is 0 Å². The number of hydrogen-bond donors (Lipinski definition) is 2. The molecular weight excluding hydrogens is 196 g/mol. The van der Waals surface area contributed by atoms with E-state index in [4.69, 9.17) is 10.2 Å². The second kappa shape index (κ2) is 8.64. The highest BCUT2D eigenvalue weighted by Gasteiger charge is 2.07. The summed E-state index contributed by atoms with van der Waals surface area (Å²) in [7, 11) is 3.98. The molecule has 0 amide bonds. The fourth-order valence-electron chi connectivity index (χ4n) is 1.22. The largest absolute Gasteiger partial charge is 0.481 e. The summed E-state index contributed by atoms with van der Waals surface area (Å²) in [6.07, 6.45) is 0.867. The molecule has 0 fully saturated rings. The van der Waals surface area contributed by atoms with Crippen LogP contribution in [0, 0.1) is 0 Å². The lowest BCUT2D eigenvalue weighted by Crippen LogP contribution is -2.34. The molecule has 0 bridgehead atoms. The molecule has 90 valence electrons. The van der Waals surface area contributed by atoms with Crippen molar-refractivity contribution < 1.29 is 15.0 Å². The van der Waals surface area contributed by atoms with Crippen molar-refractivity contribution in [1.82, 2.24) is 9.80 Å². The molecule has 5 nitrogen and oxygen atoms in total. The summed E-state index contributed by atoms with van der Waals surface area (Å²) in [5.74, 6) is -0.770. The topological polar surface area (TPSA) is 64.0 Å². The first-order chi connectivity index (χ1) is 7.06. The van der Waals surface area contributed by atoms with Gasteiger partial charge in [0, 0.05) is 32.8 Å². The van der Waals surface area contributed by atoms with Crippen LogP contribution in [0.4, 0.5) is 0 Å². The van der Waals surface area contributed by atoms with E-state index in [1.165, 1.54) is 0 Å². The number of rotatable bonds is 9. The summed E-state index contributed by atoms with van der Waals surface area (Å²) >= 11 is 0. The van der Waals surface area contributed by atoms with E-state index in [1.54, 1.807) is 0 Å². The lowest BCUT2D eigenvalue weighted by atomic mass is 10.3. The maximum absolute atomic E-state index is 10.4. The molecule has 0 rings (SSSR count). The van der Waals surface area contributed by atoms with Gasteiger partial charge in [0.15, 0.2) is 0 Å². The molecule has 0 aromatic carbocycles. The van der Waals surface area contributed by atoms with Crippen molar-refractivity contribution in [2.24, 2.45) is 0 Å².